The fourth-order valence-corrected chi connectivity index (χ4v) is 4.61. The van der Waals surface area contributed by atoms with Gasteiger partial charge < -0.3 is 10.1 Å². The topological polar surface area (TPSA) is 83.9 Å². The van der Waals surface area contributed by atoms with Gasteiger partial charge in [-0.05, 0) is 36.4 Å². The van der Waals surface area contributed by atoms with Gasteiger partial charge in [0.15, 0.2) is 5.17 Å². The van der Waals surface area contributed by atoms with Crippen molar-refractivity contribution in [2.45, 2.75) is 18.1 Å². The van der Waals surface area contributed by atoms with E-state index in [0.717, 1.165) is 5.69 Å². The highest BCUT2D eigenvalue weighted by atomic mass is 32.2. The highest BCUT2D eigenvalue weighted by Crippen LogP contribution is 2.34. The molecule has 8 heteroatoms. The van der Waals surface area contributed by atoms with E-state index in [1.807, 2.05) is 72.8 Å². The van der Waals surface area contributed by atoms with Gasteiger partial charge in [-0.3, -0.25) is 19.5 Å². The van der Waals surface area contributed by atoms with Gasteiger partial charge in [0.05, 0.1) is 7.11 Å². The number of amidine groups is 1. The van der Waals surface area contributed by atoms with E-state index in [0.29, 0.717) is 35.3 Å². The summed E-state index contributed by atoms with van der Waals surface area (Å²) in [5, 5.41) is 2.86. The zero-order valence-electron chi connectivity index (χ0n) is 18.2. The number of pyridine rings is 1. The fourth-order valence-electron chi connectivity index (χ4n) is 3.43. The Morgan fingerprint density at radius 2 is 1.85 bits per heavy atom. The van der Waals surface area contributed by atoms with Crippen LogP contribution in [0.25, 0.3) is 0 Å². The third-order valence-electron chi connectivity index (χ3n) is 5.07. The Morgan fingerprint density at radius 3 is 2.61 bits per heavy atom. The molecule has 3 aromatic rings. The number of hydrogen-bond donors (Lipinski definition) is 1. The highest BCUT2D eigenvalue weighted by Gasteiger charge is 2.39. The number of anilines is 1. The number of benzene rings is 2. The largest absolute Gasteiger partial charge is 0.494 e. The number of amides is 2. The molecule has 2 aromatic carbocycles. The molecule has 0 bridgehead atoms. The third-order valence-corrected chi connectivity index (χ3v) is 6.24. The molecule has 7 nitrogen and oxygen atoms in total. The molecule has 1 fully saturated rings. The van der Waals surface area contributed by atoms with Crippen molar-refractivity contribution in [1.29, 1.82) is 0 Å². The molecule has 1 N–H and O–H groups in total. The van der Waals surface area contributed by atoms with E-state index in [1.54, 1.807) is 18.2 Å². The van der Waals surface area contributed by atoms with E-state index in [-0.39, 0.29) is 18.2 Å². The maximum absolute atomic E-state index is 13.3. The maximum Gasteiger partial charge on any atom is 0.242 e. The standard InChI is InChI=1S/C25H24N4O3S/c1-32-21-13-6-5-12-20(21)28-25-29(16-14-18-9-7-8-15-26-18)24(31)22(33-25)17-23(30)27-19-10-3-2-4-11-19/h2-13,15,22H,14,16-17H2,1H3,(H,27,30)/t22-/m0/s1. The molecule has 168 valence electrons. The van der Waals surface area contributed by atoms with Gasteiger partial charge in [-0.1, -0.05) is 48.2 Å². The summed E-state index contributed by atoms with van der Waals surface area (Å²) in [7, 11) is 1.58. The van der Waals surface area contributed by atoms with Gasteiger partial charge >= 0.3 is 0 Å². The Bertz CT molecular complexity index is 1140. The molecule has 2 heterocycles. The number of carbonyl (C=O) groups is 2. The smallest absolute Gasteiger partial charge is 0.242 e. The van der Waals surface area contributed by atoms with Crippen molar-refractivity contribution in [3.8, 4) is 5.75 Å². The minimum Gasteiger partial charge on any atom is -0.494 e. The maximum atomic E-state index is 13.3. The Labute approximate surface area is 196 Å². The number of methoxy groups -OCH3 is 1. The lowest BCUT2D eigenvalue weighted by molar-refractivity contribution is -0.128. The summed E-state index contributed by atoms with van der Waals surface area (Å²) in [6, 6.07) is 22.3. The summed E-state index contributed by atoms with van der Waals surface area (Å²) < 4.78 is 5.41. The lowest BCUT2D eigenvalue weighted by Crippen LogP contribution is -2.35. The minimum atomic E-state index is -0.550. The number of aliphatic imine (C=N–C) groups is 1. The van der Waals surface area contributed by atoms with Crippen molar-refractivity contribution in [2.75, 3.05) is 19.0 Å². The van der Waals surface area contributed by atoms with E-state index in [2.05, 4.69) is 10.3 Å². The first-order chi connectivity index (χ1) is 16.1. The molecule has 33 heavy (non-hydrogen) atoms. The normalized spacial score (nSPS) is 16.8. The zero-order chi connectivity index (χ0) is 23.0. The summed E-state index contributed by atoms with van der Waals surface area (Å²) >= 11 is 1.30. The monoisotopic (exact) mass is 460 g/mol. The molecule has 2 amide bonds. The molecule has 1 aliphatic rings. The second-order valence-corrected chi connectivity index (χ2v) is 8.52. The molecule has 1 atom stereocenters. The van der Waals surface area contributed by atoms with Gasteiger partial charge in [-0.15, -0.1) is 0 Å². The van der Waals surface area contributed by atoms with Gasteiger partial charge in [-0.2, -0.15) is 0 Å². The average molecular weight is 461 g/mol. The van der Waals surface area contributed by atoms with E-state index < -0.39 is 5.25 Å². The number of carbonyl (C=O) groups excluding carboxylic acids is 2. The van der Waals surface area contributed by atoms with Gasteiger partial charge in [-0.25, -0.2) is 4.99 Å². The summed E-state index contributed by atoms with van der Waals surface area (Å²) in [6.45, 7) is 0.424. The first-order valence-corrected chi connectivity index (χ1v) is 11.5. The van der Waals surface area contributed by atoms with Crippen LogP contribution >= 0.6 is 11.8 Å². The van der Waals surface area contributed by atoms with Crippen molar-refractivity contribution in [2.24, 2.45) is 4.99 Å². The summed E-state index contributed by atoms with van der Waals surface area (Å²) in [5.41, 5.74) is 2.22. The van der Waals surface area contributed by atoms with Gasteiger partial charge in [0.25, 0.3) is 0 Å². The molecule has 0 saturated carbocycles. The Balaban J connectivity index is 1.53. The van der Waals surface area contributed by atoms with Crippen molar-refractivity contribution in [3.63, 3.8) is 0 Å². The molecule has 0 aliphatic carbocycles. The van der Waals surface area contributed by atoms with Gasteiger partial charge in [0, 0.05) is 37.0 Å². The molecule has 1 aliphatic heterocycles. The van der Waals surface area contributed by atoms with Crippen LogP contribution in [0.2, 0.25) is 0 Å². The number of rotatable bonds is 8. The zero-order valence-corrected chi connectivity index (χ0v) is 19.0. The van der Waals surface area contributed by atoms with E-state index in [1.165, 1.54) is 11.8 Å². The Kier molecular flexibility index (Phi) is 7.36. The van der Waals surface area contributed by atoms with Crippen LogP contribution in [0.5, 0.6) is 5.75 Å². The average Bonchev–Trinajstić information content (AvgIpc) is 3.13. The van der Waals surface area contributed by atoms with Crippen LogP contribution in [0.1, 0.15) is 12.1 Å². The van der Waals surface area contributed by atoms with Crippen molar-refractivity contribution < 1.29 is 14.3 Å². The number of para-hydroxylation sites is 3. The third kappa shape index (κ3) is 5.78. The van der Waals surface area contributed by atoms with Crippen LogP contribution in [0.4, 0.5) is 11.4 Å². The first-order valence-electron chi connectivity index (χ1n) is 10.6. The van der Waals surface area contributed by atoms with Crippen molar-refractivity contribution >= 4 is 40.1 Å². The summed E-state index contributed by atoms with van der Waals surface area (Å²) in [5.74, 6) is 0.274. The predicted molar refractivity (Wildman–Crippen MR) is 131 cm³/mol. The molecule has 0 spiro atoms. The van der Waals surface area contributed by atoms with Crippen LogP contribution in [0.3, 0.4) is 0 Å². The second-order valence-electron chi connectivity index (χ2n) is 7.35. The van der Waals surface area contributed by atoms with Crippen molar-refractivity contribution in [3.05, 3.63) is 84.7 Å². The molecular formula is C25H24N4O3S. The summed E-state index contributed by atoms with van der Waals surface area (Å²) in [6.07, 6.45) is 2.38. The van der Waals surface area contributed by atoms with E-state index in [4.69, 9.17) is 9.73 Å². The molecule has 1 saturated heterocycles. The lowest BCUT2D eigenvalue weighted by Gasteiger charge is -2.16. The van der Waals surface area contributed by atoms with Crippen LogP contribution in [-0.4, -0.2) is 45.8 Å². The fraction of sp³-hybridized carbons (Fsp3) is 0.200. The Morgan fingerprint density at radius 1 is 1.09 bits per heavy atom. The molecule has 0 radical (unpaired) electrons. The molecule has 0 unspecified atom stereocenters. The number of hydrogen-bond acceptors (Lipinski definition) is 6. The molecule has 1 aromatic heterocycles. The van der Waals surface area contributed by atoms with Crippen molar-refractivity contribution in [1.82, 2.24) is 9.88 Å². The summed E-state index contributed by atoms with van der Waals surface area (Å²) in [4.78, 5) is 36.6. The SMILES string of the molecule is COc1ccccc1N=C1S[C@@H](CC(=O)Nc2ccccc2)C(=O)N1CCc1ccccn1. The predicted octanol–water partition coefficient (Wildman–Crippen LogP) is 4.29. The van der Waals surface area contributed by atoms with Crippen LogP contribution in [-0.2, 0) is 16.0 Å². The van der Waals surface area contributed by atoms with Crippen LogP contribution in [0.15, 0.2) is 84.0 Å². The van der Waals surface area contributed by atoms with Gasteiger partial charge in [0.2, 0.25) is 11.8 Å². The van der Waals surface area contributed by atoms with Crippen LogP contribution < -0.4 is 10.1 Å². The first kappa shape index (κ1) is 22.5. The quantitative estimate of drug-likeness (QED) is 0.542. The van der Waals surface area contributed by atoms with E-state index >= 15 is 0 Å². The number of thioether (sulfide) groups is 1. The number of nitrogens with one attached hydrogen (secondary N) is 1. The Hall–Kier alpha value is -3.65. The highest BCUT2D eigenvalue weighted by molar-refractivity contribution is 8.15. The molecule has 4 rings (SSSR count). The molecular weight excluding hydrogens is 436 g/mol. The minimum absolute atomic E-state index is 0.0590. The number of nitrogens with zero attached hydrogens (tertiary/aromatic N) is 3. The van der Waals surface area contributed by atoms with Crippen LogP contribution in [0, 0.1) is 0 Å². The number of aromatic nitrogens is 1. The number of ether oxygens (including phenoxy) is 1. The second kappa shape index (κ2) is 10.8. The van der Waals surface area contributed by atoms with E-state index in [9.17, 15) is 9.59 Å². The lowest BCUT2D eigenvalue weighted by atomic mass is 10.2. The van der Waals surface area contributed by atoms with Gasteiger partial charge in [0.1, 0.15) is 16.7 Å².